The molecule has 0 N–H and O–H groups in total. The Hall–Kier alpha value is -1.31. The van der Waals surface area contributed by atoms with Gasteiger partial charge in [0.05, 0.1) is 0 Å². The maximum absolute atomic E-state index is 13.3. The van der Waals surface area contributed by atoms with Gasteiger partial charge in [-0.2, -0.15) is 0 Å². The Morgan fingerprint density at radius 1 is 0.588 bits per heavy atom. The second-order valence-corrected chi connectivity index (χ2v) is 4.86. The molecule has 0 aliphatic carbocycles. The number of rotatable bonds is 2. The molecule has 84 valence electrons. The minimum absolute atomic E-state index is 0.253. The third-order valence-electron chi connectivity index (χ3n) is 2.29. The normalized spacial score (nSPS) is 10.1. The molecule has 17 heavy (non-hydrogen) atoms. The van der Waals surface area contributed by atoms with Crippen LogP contribution in [0.15, 0.2) is 36.4 Å². The molecule has 0 fully saturated rings. The van der Waals surface area contributed by atoms with Crippen molar-refractivity contribution in [1.82, 2.24) is 0 Å². The standard InChI is InChI=1S/2C6H3F2.Al/c2*7-5-2-1-3-6(8)4-5;/h2*1-3H;/q;;+1. The summed E-state index contributed by atoms with van der Waals surface area (Å²) >= 11 is -1.29. The van der Waals surface area contributed by atoms with E-state index in [0.717, 1.165) is 24.3 Å². The van der Waals surface area contributed by atoms with Gasteiger partial charge in [-0.15, -0.1) is 0 Å². The monoisotopic (exact) mass is 253 g/mol. The van der Waals surface area contributed by atoms with E-state index >= 15 is 0 Å². The molecule has 5 heteroatoms. The van der Waals surface area contributed by atoms with Crippen molar-refractivity contribution in [1.29, 1.82) is 0 Å². The van der Waals surface area contributed by atoms with Crippen LogP contribution in [0.4, 0.5) is 17.6 Å². The molecule has 0 amide bonds. The molecule has 0 spiro atoms. The Balaban J connectivity index is 2.45. The van der Waals surface area contributed by atoms with Crippen molar-refractivity contribution >= 4 is 24.1 Å². The molecule has 0 unspecified atom stereocenters. The topological polar surface area (TPSA) is 0 Å². The zero-order valence-electron chi connectivity index (χ0n) is 8.55. The van der Waals surface area contributed by atoms with Crippen LogP contribution in [0.3, 0.4) is 0 Å². The van der Waals surface area contributed by atoms with E-state index in [0.29, 0.717) is 0 Å². The van der Waals surface area contributed by atoms with Crippen LogP contribution in [0.25, 0.3) is 0 Å². The van der Waals surface area contributed by atoms with Crippen molar-refractivity contribution in [2.24, 2.45) is 0 Å². The summed E-state index contributed by atoms with van der Waals surface area (Å²) in [6.07, 6.45) is 0. The van der Waals surface area contributed by atoms with E-state index in [1.165, 1.54) is 12.1 Å². The molecule has 0 saturated carbocycles. The quantitative estimate of drug-likeness (QED) is 0.566. The van der Waals surface area contributed by atoms with E-state index in [4.69, 9.17) is 0 Å². The Morgan fingerprint density at radius 2 is 0.882 bits per heavy atom. The second kappa shape index (κ2) is 4.91. The van der Waals surface area contributed by atoms with Crippen molar-refractivity contribution in [3.63, 3.8) is 0 Å². The summed E-state index contributed by atoms with van der Waals surface area (Å²) in [5, 5.41) is 0. The summed E-state index contributed by atoms with van der Waals surface area (Å²) < 4.78 is 52.8. The molecule has 2 aromatic rings. The maximum atomic E-state index is 13.3. The molecule has 0 radical (unpaired) electrons. The van der Waals surface area contributed by atoms with Crippen LogP contribution in [0, 0.1) is 23.3 Å². The first-order valence-electron chi connectivity index (χ1n) is 4.82. The second-order valence-electron chi connectivity index (χ2n) is 3.42. The number of hydrogen-bond acceptors (Lipinski definition) is 0. The van der Waals surface area contributed by atoms with Crippen LogP contribution in [-0.4, -0.2) is 15.2 Å². The third kappa shape index (κ3) is 2.51. The van der Waals surface area contributed by atoms with Gasteiger partial charge in [-0.3, -0.25) is 0 Å². The van der Waals surface area contributed by atoms with Gasteiger partial charge in [-0.25, -0.2) is 0 Å². The van der Waals surface area contributed by atoms with Crippen molar-refractivity contribution in [3.05, 3.63) is 59.7 Å². The fourth-order valence-electron chi connectivity index (χ4n) is 1.44. The van der Waals surface area contributed by atoms with Crippen LogP contribution in [-0.2, 0) is 0 Å². The number of hydrogen-bond donors (Lipinski definition) is 0. The molecule has 0 atom stereocenters. The Bertz CT molecular complexity index is 464. The molecule has 0 aromatic heterocycles. The number of benzene rings is 2. The van der Waals surface area contributed by atoms with E-state index in [-0.39, 0.29) is 8.85 Å². The molecular formula is C12H6AlF4+. The zero-order chi connectivity index (χ0) is 12.4. The van der Waals surface area contributed by atoms with E-state index in [1.54, 1.807) is 0 Å². The van der Waals surface area contributed by atoms with Crippen molar-refractivity contribution in [3.8, 4) is 0 Å². The molecule has 2 rings (SSSR count). The summed E-state index contributed by atoms with van der Waals surface area (Å²) in [5.41, 5.74) is 0. The molecule has 0 bridgehead atoms. The van der Waals surface area contributed by atoms with Gasteiger partial charge in [0.1, 0.15) is 0 Å². The van der Waals surface area contributed by atoms with Gasteiger partial charge in [0, 0.05) is 0 Å². The molecule has 0 nitrogen and oxygen atoms in total. The summed E-state index contributed by atoms with van der Waals surface area (Å²) in [6, 6.07) is 6.72. The molecule has 2 aromatic carbocycles. The summed E-state index contributed by atoms with van der Waals surface area (Å²) in [6.45, 7) is 0. The van der Waals surface area contributed by atoms with Gasteiger partial charge in [0.2, 0.25) is 0 Å². The van der Waals surface area contributed by atoms with E-state index in [2.05, 4.69) is 0 Å². The fraction of sp³-hybridized carbons (Fsp3) is 0. The van der Waals surface area contributed by atoms with Gasteiger partial charge in [0.25, 0.3) is 0 Å². The van der Waals surface area contributed by atoms with Gasteiger partial charge in [-0.05, 0) is 0 Å². The van der Waals surface area contributed by atoms with Crippen molar-refractivity contribution in [2.45, 2.75) is 0 Å². The van der Waals surface area contributed by atoms with Crippen LogP contribution >= 0.6 is 0 Å². The van der Waals surface area contributed by atoms with Gasteiger partial charge in [-0.1, -0.05) is 0 Å². The molecule has 0 aliphatic rings. The summed E-state index contributed by atoms with van der Waals surface area (Å²) in [7, 11) is 0. The van der Waals surface area contributed by atoms with E-state index in [1.807, 2.05) is 0 Å². The fourth-order valence-corrected chi connectivity index (χ4v) is 2.67. The van der Waals surface area contributed by atoms with Crippen molar-refractivity contribution in [2.75, 3.05) is 0 Å². The predicted molar refractivity (Wildman–Crippen MR) is 57.7 cm³/mol. The number of halogens is 4. The van der Waals surface area contributed by atoms with Crippen molar-refractivity contribution < 1.29 is 17.6 Å². The average Bonchev–Trinajstić information content (AvgIpc) is 2.27. The zero-order valence-corrected chi connectivity index (χ0v) is 9.71. The van der Waals surface area contributed by atoms with Crippen LogP contribution in [0.1, 0.15) is 0 Å². The SMILES string of the molecule is Fc1cccc(F)[c]1[Al+][c]1c(F)cccc1F. The molecular weight excluding hydrogens is 247 g/mol. The molecule has 0 saturated heterocycles. The van der Waals surface area contributed by atoms with Crippen LogP contribution in [0.5, 0.6) is 0 Å². The molecule has 0 aliphatic heterocycles. The average molecular weight is 253 g/mol. The van der Waals surface area contributed by atoms with E-state index in [9.17, 15) is 17.6 Å². The first-order chi connectivity index (χ1) is 8.09. The third-order valence-corrected chi connectivity index (χ3v) is 3.97. The van der Waals surface area contributed by atoms with Gasteiger partial charge >= 0.3 is 101 Å². The first kappa shape index (κ1) is 12.2. The Morgan fingerprint density at radius 3 is 1.18 bits per heavy atom. The van der Waals surface area contributed by atoms with Gasteiger partial charge in [0.15, 0.2) is 0 Å². The molecule has 0 heterocycles. The Labute approximate surface area is 102 Å². The predicted octanol–water partition coefficient (Wildman–Crippen LogP) is 1.90. The van der Waals surface area contributed by atoms with E-state index < -0.39 is 38.5 Å². The summed E-state index contributed by atoms with van der Waals surface area (Å²) in [4.78, 5) is 0. The van der Waals surface area contributed by atoms with Crippen LogP contribution in [0.2, 0.25) is 0 Å². The van der Waals surface area contributed by atoms with Crippen LogP contribution < -0.4 is 8.85 Å². The Kier molecular flexibility index (Phi) is 3.51. The summed E-state index contributed by atoms with van der Waals surface area (Å²) in [5.74, 6) is -3.10. The van der Waals surface area contributed by atoms with Gasteiger partial charge < -0.3 is 0 Å². The first-order valence-corrected chi connectivity index (χ1v) is 5.98. The minimum atomic E-state index is -1.29.